The number of nitrogens with one attached hydrogen (secondary N) is 1. The van der Waals surface area contributed by atoms with Crippen LogP contribution in [-0.4, -0.2) is 33.5 Å². The zero-order valence-electron chi connectivity index (χ0n) is 12.1. The Kier molecular flexibility index (Phi) is 6.20. The number of rotatable bonds is 7. The largest absolute Gasteiger partial charge is 0.493 e. The molecule has 118 valence electrons. The van der Waals surface area contributed by atoms with Gasteiger partial charge in [0.1, 0.15) is 0 Å². The van der Waals surface area contributed by atoms with Crippen LogP contribution in [0.1, 0.15) is 18.4 Å². The lowest BCUT2D eigenvalue weighted by molar-refractivity contribution is -0.0518. The fourth-order valence-electron chi connectivity index (χ4n) is 2.46. The van der Waals surface area contributed by atoms with Crippen molar-refractivity contribution in [1.29, 1.82) is 0 Å². The molecular formula is C15H21F2NO3. The highest BCUT2D eigenvalue weighted by Crippen LogP contribution is 2.32. The lowest BCUT2D eigenvalue weighted by atomic mass is 10.0. The Morgan fingerprint density at radius 3 is 2.95 bits per heavy atom. The molecule has 1 heterocycles. The number of halogens is 2. The summed E-state index contributed by atoms with van der Waals surface area (Å²) in [5, 5.41) is 3.28. The third-order valence-electron chi connectivity index (χ3n) is 3.49. The van der Waals surface area contributed by atoms with E-state index in [9.17, 15) is 8.78 Å². The molecule has 1 aliphatic heterocycles. The van der Waals surface area contributed by atoms with E-state index in [-0.39, 0.29) is 5.75 Å². The van der Waals surface area contributed by atoms with Gasteiger partial charge in [0.15, 0.2) is 11.5 Å². The summed E-state index contributed by atoms with van der Waals surface area (Å²) < 4.78 is 40.1. The lowest BCUT2D eigenvalue weighted by Crippen LogP contribution is -2.29. The first-order valence-electron chi connectivity index (χ1n) is 7.10. The summed E-state index contributed by atoms with van der Waals surface area (Å²) in [5.74, 6) is 0.891. The predicted molar refractivity (Wildman–Crippen MR) is 74.9 cm³/mol. The van der Waals surface area contributed by atoms with Crippen LogP contribution in [-0.2, 0) is 11.3 Å². The highest BCUT2D eigenvalue weighted by atomic mass is 19.3. The van der Waals surface area contributed by atoms with Crippen LogP contribution in [0.25, 0.3) is 0 Å². The maximum atomic E-state index is 12.5. The quantitative estimate of drug-likeness (QED) is 0.840. The van der Waals surface area contributed by atoms with Gasteiger partial charge in [0, 0.05) is 25.3 Å². The number of hydrogen-bond acceptors (Lipinski definition) is 4. The molecule has 1 aromatic rings. The van der Waals surface area contributed by atoms with E-state index in [1.807, 2.05) is 0 Å². The zero-order valence-corrected chi connectivity index (χ0v) is 12.1. The molecule has 21 heavy (non-hydrogen) atoms. The first-order chi connectivity index (χ1) is 10.2. The van der Waals surface area contributed by atoms with Crippen molar-refractivity contribution in [2.24, 2.45) is 5.92 Å². The van der Waals surface area contributed by atoms with E-state index in [0.717, 1.165) is 32.6 Å². The van der Waals surface area contributed by atoms with Gasteiger partial charge in [-0.25, -0.2) is 0 Å². The number of methoxy groups -OCH3 is 1. The topological polar surface area (TPSA) is 39.7 Å². The van der Waals surface area contributed by atoms with Crippen molar-refractivity contribution in [2.45, 2.75) is 26.0 Å². The molecule has 1 N–H and O–H groups in total. The van der Waals surface area contributed by atoms with Gasteiger partial charge in [-0.3, -0.25) is 0 Å². The van der Waals surface area contributed by atoms with Crippen LogP contribution in [0.4, 0.5) is 8.78 Å². The van der Waals surface area contributed by atoms with E-state index in [2.05, 4.69) is 10.1 Å². The van der Waals surface area contributed by atoms with E-state index in [0.29, 0.717) is 23.8 Å². The van der Waals surface area contributed by atoms with E-state index in [4.69, 9.17) is 9.47 Å². The molecule has 0 bridgehead atoms. The van der Waals surface area contributed by atoms with Gasteiger partial charge < -0.3 is 19.5 Å². The van der Waals surface area contributed by atoms with E-state index in [1.54, 1.807) is 18.2 Å². The fourth-order valence-corrected chi connectivity index (χ4v) is 2.46. The van der Waals surface area contributed by atoms with Gasteiger partial charge in [-0.15, -0.1) is 0 Å². The van der Waals surface area contributed by atoms with E-state index in [1.165, 1.54) is 7.11 Å². The Balaban J connectivity index is 1.94. The number of para-hydroxylation sites is 1. The molecule has 6 heteroatoms. The maximum absolute atomic E-state index is 12.5. The van der Waals surface area contributed by atoms with Crippen LogP contribution < -0.4 is 14.8 Å². The molecule has 1 aliphatic rings. The summed E-state index contributed by atoms with van der Waals surface area (Å²) in [6.45, 7) is -0.0301. The highest BCUT2D eigenvalue weighted by molar-refractivity contribution is 5.46. The lowest BCUT2D eigenvalue weighted by Gasteiger charge is -2.22. The molecule has 1 aromatic carbocycles. The van der Waals surface area contributed by atoms with Crippen LogP contribution in [0.5, 0.6) is 11.5 Å². The van der Waals surface area contributed by atoms with Crippen molar-refractivity contribution in [3.63, 3.8) is 0 Å². The van der Waals surface area contributed by atoms with E-state index >= 15 is 0 Å². The average Bonchev–Trinajstić information content (AvgIpc) is 2.49. The molecule has 0 aliphatic carbocycles. The first-order valence-corrected chi connectivity index (χ1v) is 7.10. The smallest absolute Gasteiger partial charge is 0.387 e. The van der Waals surface area contributed by atoms with Gasteiger partial charge in [-0.05, 0) is 24.8 Å². The molecule has 1 saturated heterocycles. The van der Waals surface area contributed by atoms with Gasteiger partial charge >= 0.3 is 6.61 Å². The van der Waals surface area contributed by atoms with Crippen molar-refractivity contribution >= 4 is 0 Å². The summed E-state index contributed by atoms with van der Waals surface area (Å²) >= 11 is 0. The Morgan fingerprint density at radius 2 is 2.29 bits per heavy atom. The molecule has 0 spiro atoms. The molecule has 0 radical (unpaired) electrons. The summed E-state index contributed by atoms with van der Waals surface area (Å²) in [6, 6.07) is 5.12. The van der Waals surface area contributed by atoms with Crippen molar-refractivity contribution in [2.75, 3.05) is 26.9 Å². The minimum Gasteiger partial charge on any atom is -0.493 e. The molecule has 0 aromatic heterocycles. The predicted octanol–water partition coefficient (Wildman–Crippen LogP) is 2.81. The molecule has 0 amide bonds. The van der Waals surface area contributed by atoms with Crippen LogP contribution >= 0.6 is 0 Å². The molecular weight excluding hydrogens is 280 g/mol. The maximum Gasteiger partial charge on any atom is 0.387 e. The van der Waals surface area contributed by atoms with Crippen molar-refractivity contribution in [3.8, 4) is 11.5 Å². The third-order valence-corrected chi connectivity index (χ3v) is 3.49. The van der Waals surface area contributed by atoms with Crippen molar-refractivity contribution in [1.82, 2.24) is 5.32 Å². The first kappa shape index (κ1) is 16.0. The van der Waals surface area contributed by atoms with Crippen LogP contribution in [0, 0.1) is 5.92 Å². The second-order valence-corrected chi connectivity index (χ2v) is 5.04. The van der Waals surface area contributed by atoms with Crippen molar-refractivity contribution in [3.05, 3.63) is 23.8 Å². The van der Waals surface area contributed by atoms with Gasteiger partial charge in [0.2, 0.25) is 0 Å². The van der Waals surface area contributed by atoms with Gasteiger partial charge in [0.05, 0.1) is 13.7 Å². The van der Waals surface area contributed by atoms with Crippen LogP contribution in [0.15, 0.2) is 18.2 Å². The van der Waals surface area contributed by atoms with Gasteiger partial charge in [-0.1, -0.05) is 12.1 Å². The Hall–Kier alpha value is -1.40. The second kappa shape index (κ2) is 8.14. The number of alkyl halides is 2. The van der Waals surface area contributed by atoms with Crippen LogP contribution in [0.2, 0.25) is 0 Å². The van der Waals surface area contributed by atoms with Crippen LogP contribution in [0.3, 0.4) is 0 Å². The highest BCUT2D eigenvalue weighted by Gasteiger charge is 2.16. The minimum atomic E-state index is -2.87. The number of ether oxygens (including phenoxy) is 3. The summed E-state index contributed by atoms with van der Waals surface area (Å²) in [5.41, 5.74) is 0.659. The van der Waals surface area contributed by atoms with E-state index < -0.39 is 6.61 Å². The molecule has 4 nitrogen and oxygen atoms in total. The van der Waals surface area contributed by atoms with Crippen molar-refractivity contribution < 1.29 is 23.0 Å². The standard InChI is InChI=1S/C15H21F2NO3/c1-19-13-6-2-5-12(14(13)21-15(16)17)9-18-8-11-4-3-7-20-10-11/h2,5-6,11,15,18H,3-4,7-10H2,1H3. The summed E-state index contributed by atoms with van der Waals surface area (Å²) in [6.07, 6.45) is 2.21. The molecule has 2 rings (SSSR count). The third kappa shape index (κ3) is 4.82. The Labute approximate surface area is 123 Å². The zero-order chi connectivity index (χ0) is 15.1. The molecule has 1 atom stereocenters. The SMILES string of the molecule is COc1cccc(CNCC2CCCOC2)c1OC(F)F. The summed E-state index contributed by atoms with van der Waals surface area (Å²) in [4.78, 5) is 0. The minimum absolute atomic E-state index is 0.0994. The second-order valence-electron chi connectivity index (χ2n) is 5.04. The normalized spacial score (nSPS) is 18.8. The number of hydrogen-bond donors (Lipinski definition) is 1. The van der Waals surface area contributed by atoms with Gasteiger partial charge in [-0.2, -0.15) is 8.78 Å². The summed E-state index contributed by atoms with van der Waals surface area (Å²) in [7, 11) is 1.43. The monoisotopic (exact) mass is 301 g/mol. The number of benzene rings is 1. The molecule has 1 unspecified atom stereocenters. The average molecular weight is 301 g/mol. The fraction of sp³-hybridized carbons (Fsp3) is 0.600. The molecule has 0 saturated carbocycles. The molecule has 1 fully saturated rings. The van der Waals surface area contributed by atoms with Gasteiger partial charge in [0.25, 0.3) is 0 Å². The Morgan fingerprint density at radius 1 is 1.43 bits per heavy atom. The Bertz CT molecular complexity index is 437.